The Morgan fingerprint density at radius 3 is 2.76 bits per heavy atom. The highest BCUT2D eigenvalue weighted by atomic mass is 32.2. The monoisotopic (exact) mass is 303 g/mol. The van der Waals surface area contributed by atoms with Crippen LogP contribution in [0.25, 0.3) is 11.0 Å². The molecule has 0 aliphatic carbocycles. The first-order valence-electron chi connectivity index (χ1n) is 6.19. The van der Waals surface area contributed by atoms with E-state index < -0.39 is 10.0 Å². The fourth-order valence-electron chi connectivity index (χ4n) is 1.98. The Labute approximate surface area is 121 Å². The summed E-state index contributed by atoms with van der Waals surface area (Å²) in [7, 11) is -2.12. The number of hydrogen-bond acceptors (Lipinski definition) is 5. The Morgan fingerprint density at radius 1 is 1.19 bits per heavy atom. The van der Waals surface area contributed by atoms with E-state index in [1.54, 1.807) is 19.2 Å². The molecule has 2 aromatic heterocycles. The lowest BCUT2D eigenvalue weighted by atomic mass is 10.3. The molecule has 0 radical (unpaired) electrons. The zero-order chi connectivity index (χ0) is 14.9. The van der Waals surface area contributed by atoms with Crippen molar-refractivity contribution >= 4 is 32.7 Å². The topological polar surface area (TPSA) is 99.8 Å². The van der Waals surface area contributed by atoms with E-state index in [-0.39, 0.29) is 10.8 Å². The van der Waals surface area contributed by atoms with Gasteiger partial charge in [0.05, 0.1) is 16.7 Å². The minimum atomic E-state index is -3.77. The highest BCUT2D eigenvalue weighted by Crippen LogP contribution is 2.22. The number of hydrogen-bond donors (Lipinski definition) is 3. The van der Waals surface area contributed by atoms with Crippen molar-refractivity contribution in [3.8, 4) is 0 Å². The number of fused-ring (bicyclic) bond motifs is 1. The van der Waals surface area contributed by atoms with Crippen LogP contribution in [0, 0.1) is 0 Å². The van der Waals surface area contributed by atoms with Crippen molar-refractivity contribution in [3.63, 3.8) is 0 Å². The van der Waals surface area contributed by atoms with Gasteiger partial charge in [-0.05, 0) is 18.2 Å². The van der Waals surface area contributed by atoms with Crippen LogP contribution < -0.4 is 10.0 Å². The van der Waals surface area contributed by atoms with Crippen LogP contribution in [0.3, 0.4) is 0 Å². The van der Waals surface area contributed by atoms with Gasteiger partial charge in [0.15, 0.2) is 0 Å². The first kappa shape index (κ1) is 13.4. The van der Waals surface area contributed by atoms with E-state index in [0.717, 1.165) is 5.52 Å². The predicted molar refractivity (Wildman–Crippen MR) is 80.7 cm³/mol. The number of H-pyrrole nitrogens is 1. The average Bonchev–Trinajstić information content (AvgIpc) is 2.88. The third kappa shape index (κ3) is 2.52. The van der Waals surface area contributed by atoms with E-state index >= 15 is 0 Å². The van der Waals surface area contributed by atoms with Crippen LogP contribution in [0.5, 0.6) is 0 Å². The van der Waals surface area contributed by atoms with Crippen molar-refractivity contribution in [2.45, 2.75) is 4.90 Å². The molecule has 3 aromatic rings. The number of sulfonamides is 1. The third-order valence-electron chi connectivity index (χ3n) is 2.96. The molecule has 0 aliphatic rings. The second-order valence-electron chi connectivity index (χ2n) is 4.33. The van der Waals surface area contributed by atoms with Crippen molar-refractivity contribution in [2.24, 2.45) is 0 Å². The molecule has 0 saturated carbocycles. The lowest BCUT2D eigenvalue weighted by molar-refractivity contribution is 0.601. The Bertz CT molecular complexity index is 855. The van der Waals surface area contributed by atoms with Gasteiger partial charge in [-0.25, -0.2) is 18.1 Å². The second-order valence-corrected chi connectivity index (χ2v) is 5.98. The van der Waals surface area contributed by atoms with Gasteiger partial charge in [-0.1, -0.05) is 12.1 Å². The fourth-order valence-corrected chi connectivity index (χ4v) is 3.10. The van der Waals surface area contributed by atoms with Gasteiger partial charge in [-0.2, -0.15) is 0 Å². The summed E-state index contributed by atoms with van der Waals surface area (Å²) in [5.41, 5.74) is 1.92. The van der Waals surface area contributed by atoms with Crippen LogP contribution in [0.15, 0.2) is 47.6 Å². The summed E-state index contributed by atoms with van der Waals surface area (Å²) >= 11 is 0. The van der Waals surface area contributed by atoms with E-state index in [1.165, 1.54) is 12.4 Å². The minimum Gasteiger partial charge on any atom is -0.387 e. The van der Waals surface area contributed by atoms with Gasteiger partial charge >= 0.3 is 0 Å². The van der Waals surface area contributed by atoms with Gasteiger partial charge in [0.25, 0.3) is 10.0 Å². The van der Waals surface area contributed by atoms with Gasteiger partial charge < -0.3 is 10.3 Å². The van der Waals surface area contributed by atoms with E-state index in [1.807, 2.05) is 18.2 Å². The fraction of sp³-hybridized carbons (Fsp3) is 0.0769. The van der Waals surface area contributed by atoms with E-state index in [0.29, 0.717) is 11.2 Å². The zero-order valence-corrected chi connectivity index (χ0v) is 12.0. The molecule has 0 spiro atoms. The molecule has 0 bridgehead atoms. The van der Waals surface area contributed by atoms with Gasteiger partial charge in [-0.3, -0.25) is 4.98 Å². The number of aromatic amines is 1. The molecule has 8 heteroatoms. The average molecular weight is 303 g/mol. The number of pyridine rings is 1. The first-order chi connectivity index (χ1) is 10.1. The van der Waals surface area contributed by atoms with E-state index in [9.17, 15) is 8.42 Å². The molecule has 0 amide bonds. The number of rotatable bonds is 4. The number of anilines is 2. The number of imidazole rings is 1. The number of para-hydroxylation sites is 2. The highest BCUT2D eigenvalue weighted by molar-refractivity contribution is 7.92. The maximum atomic E-state index is 12.4. The summed E-state index contributed by atoms with van der Waals surface area (Å²) < 4.78 is 27.2. The summed E-state index contributed by atoms with van der Waals surface area (Å²) in [6, 6.07) is 8.89. The van der Waals surface area contributed by atoms with Crippen molar-refractivity contribution in [2.75, 3.05) is 17.1 Å². The summed E-state index contributed by atoms with van der Waals surface area (Å²) in [6.07, 6.45) is 2.81. The SMILES string of the molecule is CNc1ccncc1S(=O)(=O)Nc1nc2ccccc2[nH]1. The molecule has 0 aliphatic heterocycles. The number of benzene rings is 1. The molecular formula is C13H13N5O2S. The lowest BCUT2D eigenvalue weighted by Crippen LogP contribution is -2.15. The molecule has 21 heavy (non-hydrogen) atoms. The van der Waals surface area contributed by atoms with Gasteiger partial charge in [-0.15, -0.1) is 0 Å². The van der Waals surface area contributed by atoms with Crippen LogP contribution in [0.4, 0.5) is 11.6 Å². The van der Waals surface area contributed by atoms with Crippen molar-refractivity contribution in [1.29, 1.82) is 0 Å². The molecule has 7 nitrogen and oxygen atoms in total. The maximum Gasteiger partial charge on any atom is 0.267 e. The number of nitrogens with one attached hydrogen (secondary N) is 3. The number of nitrogens with zero attached hydrogens (tertiary/aromatic N) is 2. The van der Waals surface area contributed by atoms with Crippen molar-refractivity contribution in [1.82, 2.24) is 15.0 Å². The first-order valence-corrected chi connectivity index (χ1v) is 7.68. The molecule has 0 atom stereocenters. The summed E-state index contributed by atoms with van der Waals surface area (Å²) in [6.45, 7) is 0. The van der Waals surface area contributed by atoms with E-state index in [2.05, 4.69) is 25.0 Å². The Morgan fingerprint density at radius 2 is 2.00 bits per heavy atom. The maximum absolute atomic E-state index is 12.4. The molecule has 108 valence electrons. The van der Waals surface area contributed by atoms with Crippen LogP contribution in [-0.4, -0.2) is 30.4 Å². The van der Waals surface area contributed by atoms with Gasteiger partial charge in [0, 0.05) is 19.4 Å². The Balaban J connectivity index is 1.99. The molecule has 3 rings (SSSR count). The standard InChI is InChI=1S/C13H13N5O2S/c1-14-11-6-7-15-8-12(11)21(19,20)18-13-16-9-4-2-3-5-10(9)17-13/h2-8H,1H3,(H,14,15)(H2,16,17,18). The van der Waals surface area contributed by atoms with Crippen molar-refractivity contribution in [3.05, 3.63) is 42.7 Å². The predicted octanol–water partition coefficient (Wildman–Crippen LogP) is 1.80. The summed E-state index contributed by atoms with van der Waals surface area (Å²) in [5, 5.41) is 2.82. The quantitative estimate of drug-likeness (QED) is 0.682. The zero-order valence-electron chi connectivity index (χ0n) is 11.2. The Kier molecular flexibility index (Phi) is 3.22. The van der Waals surface area contributed by atoms with Crippen LogP contribution in [0.1, 0.15) is 0 Å². The van der Waals surface area contributed by atoms with Crippen molar-refractivity contribution < 1.29 is 8.42 Å². The number of aromatic nitrogens is 3. The molecule has 2 heterocycles. The second kappa shape index (κ2) is 5.06. The smallest absolute Gasteiger partial charge is 0.267 e. The third-order valence-corrected chi connectivity index (χ3v) is 4.33. The molecular weight excluding hydrogens is 290 g/mol. The Hall–Kier alpha value is -2.61. The molecule has 0 fully saturated rings. The van der Waals surface area contributed by atoms with Gasteiger partial charge in [0.1, 0.15) is 4.90 Å². The largest absolute Gasteiger partial charge is 0.387 e. The molecule has 3 N–H and O–H groups in total. The van der Waals surface area contributed by atoms with Crippen LogP contribution in [-0.2, 0) is 10.0 Å². The lowest BCUT2D eigenvalue weighted by Gasteiger charge is -2.09. The highest BCUT2D eigenvalue weighted by Gasteiger charge is 2.20. The normalized spacial score (nSPS) is 11.5. The minimum absolute atomic E-state index is 0.0629. The summed E-state index contributed by atoms with van der Waals surface area (Å²) in [5.74, 6) is 0.169. The summed E-state index contributed by atoms with van der Waals surface area (Å²) in [4.78, 5) is 11.0. The molecule has 1 aromatic carbocycles. The van der Waals surface area contributed by atoms with Crippen LogP contribution >= 0.6 is 0 Å². The molecule has 0 unspecified atom stereocenters. The van der Waals surface area contributed by atoms with Gasteiger partial charge in [0.2, 0.25) is 5.95 Å². The van der Waals surface area contributed by atoms with E-state index in [4.69, 9.17) is 0 Å². The molecule has 0 saturated heterocycles. The van der Waals surface area contributed by atoms with Crippen LogP contribution in [0.2, 0.25) is 0 Å².